The summed E-state index contributed by atoms with van der Waals surface area (Å²) >= 11 is 1.44. The third-order valence-electron chi connectivity index (χ3n) is 3.01. The van der Waals surface area contributed by atoms with Gasteiger partial charge in [0.25, 0.3) is 5.91 Å². The molecule has 1 aromatic carbocycles. The van der Waals surface area contributed by atoms with E-state index in [1.165, 1.54) is 11.3 Å². The van der Waals surface area contributed by atoms with Crippen molar-refractivity contribution in [2.45, 2.75) is 20.5 Å². The number of thiophene rings is 1. The Bertz CT molecular complexity index is 605. The van der Waals surface area contributed by atoms with Gasteiger partial charge in [-0.3, -0.25) is 4.79 Å². The lowest BCUT2D eigenvalue weighted by Gasteiger charge is -2.06. The summed E-state index contributed by atoms with van der Waals surface area (Å²) in [7, 11) is 1.63. The van der Waals surface area contributed by atoms with Crippen LogP contribution in [0.2, 0.25) is 0 Å². The molecule has 5 heteroatoms. The van der Waals surface area contributed by atoms with Gasteiger partial charge in [-0.2, -0.15) is 0 Å². The van der Waals surface area contributed by atoms with E-state index in [0.29, 0.717) is 23.9 Å². The average Bonchev–Trinajstić information content (AvgIpc) is 3.00. The van der Waals surface area contributed by atoms with Crippen molar-refractivity contribution in [3.8, 4) is 11.5 Å². The van der Waals surface area contributed by atoms with E-state index in [4.69, 9.17) is 9.47 Å². The number of nitrogens with one attached hydrogen (secondary N) is 1. The zero-order valence-electron chi connectivity index (χ0n) is 13.1. The fourth-order valence-electron chi connectivity index (χ4n) is 1.79. The van der Waals surface area contributed by atoms with Crippen LogP contribution < -0.4 is 14.8 Å². The number of carbonyl (C=O) groups is 1. The third-order valence-corrected chi connectivity index (χ3v) is 3.99. The van der Waals surface area contributed by atoms with Crippen molar-refractivity contribution in [2.24, 2.45) is 5.92 Å². The first kappa shape index (κ1) is 16.4. The van der Waals surface area contributed by atoms with Crippen LogP contribution in [-0.2, 0) is 6.61 Å². The van der Waals surface area contributed by atoms with Crippen LogP contribution in [0.3, 0.4) is 0 Å². The molecule has 0 bridgehead atoms. The van der Waals surface area contributed by atoms with Crippen LogP contribution in [0.15, 0.2) is 35.7 Å². The van der Waals surface area contributed by atoms with Crippen LogP contribution in [0, 0.1) is 5.92 Å². The van der Waals surface area contributed by atoms with Crippen molar-refractivity contribution in [3.63, 3.8) is 0 Å². The second-order valence-electron chi connectivity index (χ2n) is 5.39. The standard InChI is InChI=1S/C17H21NO3S/c1-12(2)9-18-17(19)16-8-13(11-22-16)10-21-15-6-4-14(20-3)5-7-15/h4-8,11-12H,9-10H2,1-3H3,(H,18,19). The van der Waals surface area contributed by atoms with Gasteiger partial charge in [0.15, 0.2) is 0 Å². The maximum atomic E-state index is 12.0. The van der Waals surface area contributed by atoms with E-state index in [-0.39, 0.29) is 5.91 Å². The van der Waals surface area contributed by atoms with E-state index in [9.17, 15) is 4.79 Å². The molecular weight excluding hydrogens is 298 g/mol. The smallest absolute Gasteiger partial charge is 0.261 e. The van der Waals surface area contributed by atoms with Crippen LogP contribution in [0.1, 0.15) is 29.1 Å². The monoisotopic (exact) mass is 319 g/mol. The topological polar surface area (TPSA) is 47.6 Å². The van der Waals surface area contributed by atoms with Crippen molar-refractivity contribution in [3.05, 3.63) is 46.2 Å². The molecule has 0 saturated heterocycles. The molecule has 2 rings (SSSR count). The molecule has 0 aliphatic rings. The molecule has 0 aliphatic carbocycles. The van der Waals surface area contributed by atoms with Gasteiger partial charge >= 0.3 is 0 Å². The lowest BCUT2D eigenvalue weighted by Crippen LogP contribution is -2.26. The number of benzene rings is 1. The summed E-state index contributed by atoms with van der Waals surface area (Å²) in [5.41, 5.74) is 0.996. The molecule has 0 spiro atoms. The van der Waals surface area contributed by atoms with Crippen molar-refractivity contribution in [1.82, 2.24) is 5.32 Å². The second kappa shape index (κ2) is 7.84. The molecule has 0 fully saturated rings. The summed E-state index contributed by atoms with van der Waals surface area (Å²) in [6.45, 7) is 5.28. The Morgan fingerprint density at radius 1 is 1.23 bits per heavy atom. The lowest BCUT2D eigenvalue weighted by atomic mass is 10.2. The Morgan fingerprint density at radius 2 is 1.91 bits per heavy atom. The molecule has 0 unspecified atom stereocenters. The van der Waals surface area contributed by atoms with E-state index in [2.05, 4.69) is 19.2 Å². The number of ether oxygens (including phenoxy) is 2. The Balaban J connectivity index is 1.87. The van der Waals surface area contributed by atoms with E-state index >= 15 is 0 Å². The van der Waals surface area contributed by atoms with Gasteiger partial charge in [0.2, 0.25) is 0 Å². The number of hydrogen-bond donors (Lipinski definition) is 1. The maximum absolute atomic E-state index is 12.0. The quantitative estimate of drug-likeness (QED) is 0.846. The van der Waals surface area contributed by atoms with Gasteiger partial charge in [-0.25, -0.2) is 0 Å². The second-order valence-corrected chi connectivity index (χ2v) is 6.30. The molecule has 118 valence electrons. The summed E-state index contributed by atoms with van der Waals surface area (Å²) in [4.78, 5) is 12.7. The summed E-state index contributed by atoms with van der Waals surface area (Å²) in [5, 5.41) is 4.87. The highest BCUT2D eigenvalue weighted by atomic mass is 32.1. The summed E-state index contributed by atoms with van der Waals surface area (Å²) < 4.78 is 10.8. The van der Waals surface area contributed by atoms with Gasteiger partial charge < -0.3 is 14.8 Å². The molecule has 0 saturated carbocycles. The molecule has 2 aromatic rings. The highest BCUT2D eigenvalue weighted by Crippen LogP contribution is 2.20. The zero-order chi connectivity index (χ0) is 15.9. The minimum absolute atomic E-state index is 0.0191. The van der Waals surface area contributed by atoms with Crippen LogP contribution >= 0.6 is 11.3 Å². The molecule has 0 atom stereocenters. The van der Waals surface area contributed by atoms with Gasteiger partial charge in [-0.1, -0.05) is 13.8 Å². The number of hydrogen-bond acceptors (Lipinski definition) is 4. The largest absolute Gasteiger partial charge is 0.497 e. The van der Waals surface area contributed by atoms with E-state index in [1.807, 2.05) is 35.7 Å². The first-order chi connectivity index (χ1) is 10.6. The number of amides is 1. The molecule has 1 amide bonds. The van der Waals surface area contributed by atoms with E-state index in [0.717, 1.165) is 17.1 Å². The van der Waals surface area contributed by atoms with Gasteiger partial charge in [-0.05, 0) is 41.6 Å². The predicted octanol–water partition coefficient (Wildman–Crippen LogP) is 3.72. The van der Waals surface area contributed by atoms with Gasteiger partial charge in [0.05, 0.1) is 12.0 Å². The van der Waals surface area contributed by atoms with Crippen molar-refractivity contribution < 1.29 is 14.3 Å². The number of methoxy groups -OCH3 is 1. The molecule has 1 N–H and O–H groups in total. The molecule has 0 aliphatic heterocycles. The lowest BCUT2D eigenvalue weighted by molar-refractivity contribution is 0.0953. The highest BCUT2D eigenvalue weighted by Gasteiger charge is 2.09. The highest BCUT2D eigenvalue weighted by molar-refractivity contribution is 7.12. The maximum Gasteiger partial charge on any atom is 0.261 e. The molecular formula is C17H21NO3S. The fraction of sp³-hybridized carbons (Fsp3) is 0.353. The molecule has 0 radical (unpaired) electrons. The molecule has 1 aromatic heterocycles. The number of carbonyl (C=O) groups excluding carboxylic acids is 1. The van der Waals surface area contributed by atoms with Crippen molar-refractivity contribution >= 4 is 17.2 Å². The molecule has 22 heavy (non-hydrogen) atoms. The SMILES string of the molecule is COc1ccc(OCc2csc(C(=O)NCC(C)C)c2)cc1. The summed E-state index contributed by atoms with van der Waals surface area (Å²) in [6, 6.07) is 9.31. The molecule has 1 heterocycles. The summed E-state index contributed by atoms with van der Waals surface area (Å²) in [5.74, 6) is 2.00. The zero-order valence-corrected chi connectivity index (χ0v) is 13.9. The van der Waals surface area contributed by atoms with Crippen LogP contribution in [-0.4, -0.2) is 19.6 Å². The van der Waals surface area contributed by atoms with Crippen LogP contribution in [0.5, 0.6) is 11.5 Å². The van der Waals surface area contributed by atoms with E-state index < -0.39 is 0 Å². The fourth-order valence-corrected chi connectivity index (χ4v) is 2.61. The minimum atomic E-state index is -0.0191. The van der Waals surface area contributed by atoms with Crippen molar-refractivity contribution in [2.75, 3.05) is 13.7 Å². The average molecular weight is 319 g/mol. The van der Waals surface area contributed by atoms with Crippen LogP contribution in [0.25, 0.3) is 0 Å². The normalized spacial score (nSPS) is 10.5. The summed E-state index contributed by atoms with van der Waals surface area (Å²) in [6.07, 6.45) is 0. The Hall–Kier alpha value is -2.01. The van der Waals surface area contributed by atoms with E-state index in [1.54, 1.807) is 7.11 Å². The van der Waals surface area contributed by atoms with Gasteiger partial charge in [0, 0.05) is 12.1 Å². The third kappa shape index (κ3) is 4.77. The van der Waals surface area contributed by atoms with Gasteiger partial charge in [0.1, 0.15) is 18.1 Å². The first-order valence-electron chi connectivity index (χ1n) is 7.21. The van der Waals surface area contributed by atoms with Crippen molar-refractivity contribution in [1.29, 1.82) is 0 Å². The first-order valence-corrected chi connectivity index (χ1v) is 8.09. The molecule has 4 nitrogen and oxygen atoms in total. The Kier molecular flexibility index (Phi) is 5.83. The van der Waals surface area contributed by atoms with Gasteiger partial charge in [-0.15, -0.1) is 11.3 Å². The predicted molar refractivity (Wildman–Crippen MR) is 88.8 cm³/mol. The number of rotatable bonds is 7. The Morgan fingerprint density at radius 3 is 2.55 bits per heavy atom. The minimum Gasteiger partial charge on any atom is -0.497 e. The van der Waals surface area contributed by atoms with Crippen LogP contribution in [0.4, 0.5) is 0 Å². The Labute approximate surface area is 135 Å².